The van der Waals surface area contributed by atoms with Gasteiger partial charge in [-0.05, 0) is 17.9 Å². The molecule has 0 aliphatic rings. The number of carbonyl (C=O) groups is 3. The Hall–Kier alpha value is -2.05. The topological polar surface area (TPSA) is 88.1 Å². The molecule has 0 saturated heterocycles. The van der Waals surface area contributed by atoms with Crippen molar-refractivity contribution < 1.29 is 33.3 Å². The van der Waals surface area contributed by atoms with Crippen LogP contribution in [0.4, 0.5) is 4.79 Å². The van der Waals surface area contributed by atoms with Gasteiger partial charge in [-0.25, -0.2) is 4.79 Å². The molecule has 22 heavy (non-hydrogen) atoms. The van der Waals surface area contributed by atoms with Crippen LogP contribution in [0.5, 0.6) is 0 Å². The number of rotatable bonds is 6. The molecular formula is C15H24O7. The Morgan fingerprint density at radius 3 is 1.82 bits per heavy atom. The highest BCUT2D eigenvalue weighted by atomic mass is 16.7. The van der Waals surface area contributed by atoms with E-state index in [9.17, 15) is 14.4 Å². The van der Waals surface area contributed by atoms with Gasteiger partial charge in [0.1, 0.15) is 6.61 Å². The van der Waals surface area contributed by atoms with Gasteiger partial charge in [0.25, 0.3) is 0 Å². The minimum absolute atomic E-state index is 0.0195. The quantitative estimate of drug-likeness (QED) is 0.321. The third-order valence-electron chi connectivity index (χ3n) is 3.06. The van der Waals surface area contributed by atoms with E-state index in [0.717, 1.165) is 5.57 Å². The van der Waals surface area contributed by atoms with Crippen LogP contribution >= 0.6 is 0 Å². The van der Waals surface area contributed by atoms with Crippen molar-refractivity contribution in [2.75, 3.05) is 27.9 Å². The summed E-state index contributed by atoms with van der Waals surface area (Å²) in [5, 5.41) is 0. The van der Waals surface area contributed by atoms with Crippen molar-refractivity contribution in [1.82, 2.24) is 0 Å². The second kappa shape index (κ2) is 9.07. The molecule has 0 amide bonds. The van der Waals surface area contributed by atoms with Gasteiger partial charge in [-0.3, -0.25) is 9.59 Å². The molecule has 0 atom stereocenters. The highest BCUT2D eigenvalue weighted by Crippen LogP contribution is 2.31. The van der Waals surface area contributed by atoms with Crippen molar-refractivity contribution in [2.24, 2.45) is 11.3 Å². The molecule has 0 fully saturated rings. The van der Waals surface area contributed by atoms with Gasteiger partial charge in [0.15, 0.2) is 5.92 Å². The van der Waals surface area contributed by atoms with Gasteiger partial charge in [0.05, 0.1) is 21.3 Å². The fourth-order valence-corrected chi connectivity index (χ4v) is 1.73. The third-order valence-corrected chi connectivity index (χ3v) is 3.06. The number of allylic oxidation sites excluding steroid dienone is 1. The van der Waals surface area contributed by atoms with Gasteiger partial charge < -0.3 is 18.9 Å². The first-order valence-electron chi connectivity index (χ1n) is 6.73. The van der Waals surface area contributed by atoms with Crippen LogP contribution in [0.1, 0.15) is 27.2 Å². The minimum atomic E-state index is -1.06. The standard InChI is InChI=1S/C15H24O7/c1-15(2,3)10(7-8-22-14(18)21-6)9-11(12(16)19-4)13(17)20-5/h7,11H,8-9H2,1-6H3/b10-7+. The van der Waals surface area contributed by atoms with E-state index in [-0.39, 0.29) is 18.4 Å². The summed E-state index contributed by atoms with van der Waals surface area (Å²) in [5.74, 6) is -2.40. The number of hydrogen-bond donors (Lipinski definition) is 0. The van der Waals surface area contributed by atoms with Crippen LogP contribution in [-0.2, 0) is 28.5 Å². The molecule has 126 valence electrons. The van der Waals surface area contributed by atoms with Crippen LogP contribution in [0.25, 0.3) is 0 Å². The van der Waals surface area contributed by atoms with Gasteiger partial charge >= 0.3 is 18.1 Å². The highest BCUT2D eigenvalue weighted by molar-refractivity contribution is 5.95. The number of methoxy groups -OCH3 is 3. The Balaban J connectivity index is 5.18. The summed E-state index contributed by atoms with van der Waals surface area (Å²) >= 11 is 0. The van der Waals surface area contributed by atoms with Gasteiger partial charge in [-0.15, -0.1) is 0 Å². The van der Waals surface area contributed by atoms with Crippen molar-refractivity contribution in [1.29, 1.82) is 0 Å². The molecule has 0 bridgehead atoms. The van der Waals surface area contributed by atoms with E-state index in [4.69, 9.17) is 4.74 Å². The molecule has 0 saturated carbocycles. The van der Waals surface area contributed by atoms with Gasteiger partial charge in [0, 0.05) is 0 Å². The number of ether oxygens (including phenoxy) is 4. The summed E-state index contributed by atoms with van der Waals surface area (Å²) in [4.78, 5) is 34.4. The monoisotopic (exact) mass is 316 g/mol. The van der Waals surface area contributed by atoms with E-state index >= 15 is 0 Å². The van der Waals surface area contributed by atoms with Crippen molar-refractivity contribution >= 4 is 18.1 Å². The summed E-state index contributed by atoms with van der Waals surface area (Å²) in [6, 6.07) is 0. The lowest BCUT2D eigenvalue weighted by molar-refractivity contribution is -0.158. The molecule has 0 aromatic rings. The van der Waals surface area contributed by atoms with Crippen molar-refractivity contribution in [3.05, 3.63) is 11.6 Å². The van der Waals surface area contributed by atoms with Crippen LogP contribution < -0.4 is 0 Å². The second-order valence-corrected chi connectivity index (χ2v) is 5.55. The SMILES string of the molecule is COC(=O)OC/C=C(\CC(C(=O)OC)C(=O)OC)C(C)(C)C. The largest absolute Gasteiger partial charge is 0.508 e. The van der Waals surface area contributed by atoms with E-state index in [2.05, 4.69) is 14.2 Å². The van der Waals surface area contributed by atoms with E-state index in [1.165, 1.54) is 21.3 Å². The Bertz CT molecular complexity index is 416. The van der Waals surface area contributed by atoms with Gasteiger partial charge in [-0.2, -0.15) is 0 Å². The molecule has 0 aliphatic carbocycles. The van der Waals surface area contributed by atoms with Crippen LogP contribution in [-0.4, -0.2) is 46.0 Å². The van der Waals surface area contributed by atoms with Crippen LogP contribution in [0, 0.1) is 11.3 Å². The maximum Gasteiger partial charge on any atom is 0.508 e. The highest BCUT2D eigenvalue weighted by Gasteiger charge is 2.32. The van der Waals surface area contributed by atoms with Crippen molar-refractivity contribution in [3.63, 3.8) is 0 Å². The van der Waals surface area contributed by atoms with E-state index in [1.54, 1.807) is 6.08 Å². The van der Waals surface area contributed by atoms with E-state index < -0.39 is 24.0 Å². The predicted molar refractivity (Wildman–Crippen MR) is 78.0 cm³/mol. The van der Waals surface area contributed by atoms with E-state index in [0.29, 0.717) is 0 Å². The van der Waals surface area contributed by atoms with Crippen LogP contribution in [0.15, 0.2) is 11.6 Å². The van der Waals surface area contributed by atoms with Gasteiger partial charge in [-0.1, -0.05) is 26.3 Å². The average molecular weight is 316 g/mol. The van der Waals surface area contributed by atoms with Crippen molar-refractivity contribution in [3.8, 4) is 0 Å². The lowest BCUT2D eigenvalue weighted by Crippen LogP contribution is -2.29. The van der Waals surface area contributed by atoms with E-state index in [1.807, 2.05) is 20.8 Å². The lowest BCUT2D eigenvalue weighted by atomic mass is 9.81. The molecule has 0 aliphatic heterocycles. The molecule has 0 heterocycles. The predicted octanol–water partition coefficient (Wildman–Crippen LogP) is 2.09. The summed E-state index contributed by atoms with van der Waals surface area (Å²) in [5.41, 5.74) is 0.428. The Morgan fingerprint density at radius 2 is 1.45 bits per heavy atom. The summed E-state index contributed by atoms with van der Waals surface area (Å²) in [7, 11) is 3.62. The molecule has 0 aromatic heterocycles. The summed E-state index contributed by atoms with van der Waals surface area (Å²) in [6.07, 6.45) is 0.963. The third kappa shape index (κ3) is 6.60. The van der Waals surface area contributed by atoms with Crippen molar-refractivity contribution in [2.45, 2.75) is 27.2 Å². The Labute approximate surface area is 130 Å². The second-order valence-electron chi connectivity index (χ2n) is 5.55. The first kappa shape index (κ1) is 19.9. The minimum Gasteiger partial charge on any atom is -0.468 e. The normalized spacial score (nSPS) is 11.9. The maximum absolute atomic E-state index is 11.7. The lowest BCUT2D eigenvalue weighted by Gasteiger charge is -2.25. The first-order valence-corrected chi connectivity index (χ1v) is 6.73. The molecule has 0 spiro atoms. The molecule has 0 radical (unpaired) electrons. The fourth-order valence-electron chi connectivity index (χ4n) is 1.73. The molecule has 7 heteroatoms. The number of carbonyl (C=O) groups excluding carboxylic acids is 3. The smallest absolute Gasteiger partial charge is 0.468 e. The fraction of sp³-hybridized carbons (Fsp3) is 0.667. The molecule has 0 unspecified atom stereocenters. The average Bonchev–Trinajstić information content (AvgIpc) is 2.47. The number of hydrogen-bond acceptors (Lipinski definition) is 7. The zero-order valence-electron chi connectivity index (χ0n) is 13.9. The zero-order valence-corrected chi connectivity index (χ0v) is 13.9. The molecule has 7 nitrogen and oxygen atoms in total. The Kier molecular flexibility index (Phi) is 8.22. The van der Waals surface area contributed by atoms with Crippen LogP contribution in [0.2, 0.25) is 0 Å². The molecule has 0 N–H and O–H groups in total. The summed E-state index contributed by atoms with van der Waals surface area (Å²) in [6.45, 7) is 5.74. The zero-order chi connectivity index (χ0) is 17.3. The maximum atomic E-state index is 11.7. The molecule has 0 rings (SSSR count). The first-order chi connectivity index (χ1) is 10.2. The molecule has 0 aromatic carbocycles. The van der Waals surface area contributed by atoms with Gasteiger partial charge in [0.2, 0.25) is 0 Å². The summed E-state index contributed by atoms with van der Waals surface area (Å²) < 4.78 is 18.4. The van der Waals surface area contributed by atoms with Crippen LogP contribution in [0.3, 0.4) is 0 Å². The number of esters is 2. The molecular weight excluding hydrogens is 292 g/mol. The Morgan fingerprint density at radius 1 is 0.955 bits per heavy atom.